The third kappa shape index (κ3) is 4.24. The van der Waals surface area contributed by atoms with Crippen molar-refractivity contribution in [2.75, 3.05) is 11.9 Å². The predicted molar refractivity (Wildman–Crippen MR) is 114 cm³/mol. The molecule has 8 heteroatoms. The number of nitrogens with one attached hydrogen (secondary N) is 1. The van der Waals surface area contributed by atoms with Gasteiger partial charge in [-0.2, -0.15) is 0 Å². The van der Waals surface area contributed by atoms with Gasteiger partial charge >= 0.3 is 0 Å². The van der Waals surface area contributed by atoms with E-state index in [1.54, 1.807) is 18.2 Å². The Morgan fingerprint density at radius 1 is 1.07 bits per heavy atom. The van der Waals surface area contributed by atoms with Gasteiger partial charge in [-0.05, 0) is 54.9 Å². The second kappa shape index (κ2) is 8.39. The molecular weight excluding hydrogens is 419 g/mol. The van der Waals surface area contributed by atoms with Gasteiger partial charge in [0.1, 0.15) is 6.54 Å². The molecule has 0 radical (unpaired) electrons. The molecule has 1 saturated heterocycles. The Hall–Kier alpha value is -2.28. The highest BCUT2D eigenvalue weighted by atomic mass is 35.5. The first-order chi connectivity index (χ1) is 13.3. The number of carbonyl (C=O) groups is 3. The van der Waals surface area contributed by atoms with E-state index in [4.69, 9.17) is 23.2 Å². The number of hydrogen-bond acceptors (Lipinski definition) is 4. The van der Waals surface area contributed by atoms with Gasteiger partial charge in [-0.1, -0.05) is 47.5 Å². The molecule has 0 atom stereocenters. The molecule has 1 aliphatic rings. The highest BCUT2D eigenvalue weighted by Gasteiger charge is 2.36. The zero-order valence-corrected chi connectivity index (χ0v) is 17.4. The quantitative estimate of drug-likeness (QED) is 0.664. The maximum Gasteiger partial charge on any atom is 0.294 e. The van der Waals surface area contributed by atoms with E-state index in [1.165, 1.54) is 6.08 Å². The van der Waals surface area contributed by atoms with Gasteiger partial charge in [0.05, 0.1) is 4.91 Å². The minimum Gasteiger partial charge on any atom is -0.324 e. The summed E-state index contributed by atoms with van der Waals surface area (Å²) in [5, 5.41) is 2.99. The van der Waals surface area contributed by atoms with Crippen LogP contribution in [0.5, 0.6) is 0 Å². The normalized spacial score (nSPS) is 15.4. The Morgan fingerprint density at radius 2 is 1.64 bits per heavy atom. The van der Waals surface area contributed by atoms with Gasteiger partial charge in [0.2, 0.25) is 5.91 Å². The average molecular weight is 435 g/mol. The number of hydrogen-bond donors (Lipinski definition) is 1. The van der Waals surface area contributed by atoms with Crippen LogP contribution in [0.4, 0.5) is 10.5 Å². The third-order valence-electron chi connectivity index (χ3n) is 4.20. The van der Waals surface area contributed by atoms with Crippen LogP contribution in [0.3, 0.4) is 0 Å². The monoisotopic (exact) mass is 434 g/mol. The van der Waals surface area contributed by atoms with Crippen LogP contribution in [0, 0.1) is 13.8 Å². The van der Waals surface area contributed by atoms with Crippen molar-refractivity contribution in [1.82, 2.24) is 4.90 Å². The number of nitrogens with zero attached hydrogens (tertiary/aromatic N) is 1. The van der Waals surface area contributed by atoms with E-state index >= 15 is 0 Å². The summed E-state index contributed by atoms with van der Waals surface area (Å²) in [4.78, 5) is 38.4. The molecule has 144 valence electrons. The zero-order chi connectivity index (χ0) is 20.4. The minimum atomic E-state index is -0.553. The lowest BCUT2D eigenvalue weighted by molar-refractivity contribution is -0.127. The Bertz CT molecular complexity index is 980. The number of para-hydroxylation sites is 1. The topological polar surface area (TPSA) is 66.5 Å². The van der Waals surface area contributed by atoms with Gasteiger partial charge < -0.3 is 5.32 Å². The Morgan fingerprint density at radius 3 is 2.25 bits per heavy atom. The van der Waals surface area contributed by atoms with Crippen molar-refractivity contribution in [2.45, 2.75) is 13.8 Å². The minimum absolute atomic E-state index is 0.167. The maximum atomic E-state index is 12.6. The summed E-state index contributed by atoms with van der Waals surface area (Å²) < 4.78 is 0. The summed E-state index contributed by atoms with van der Waals surface area (Å²) in [7, 11) is 0. The van der Waals surface area contributed by atoms with Crippen LogP contribution in [0.15, 0.2) is 41.3 Å². The van der Waals surface area contributed by atoms with E-state index in [2.05, 4.69) is 5.32 Å². The van der Waals surface area contributed by atoms with Crippen LogP contribution in [-0.4, -0.2) is 28.5 Å². The summed E-state index contributed by atoms with van der Waals surface area (Å²) in [5.41, 5.74) is 2.93. The number of aryl methyl sites for hydroxylation is 2. The van der Waals surface area contributed by atoms with Crippen LogP contribution < -0.4 is 5.32 Å². The molecule has 1 N–H and O–H groups in total. The van der Waals surface area contributed by atoms with Crippen molar-refractivity contribution in [3.63, 3.8) is 0 Å². The average Bonchev–Trinajstić information content (AvgIpc) is 2.89. The fourth-order valence-electron chi connectivity index (χ4n) is 2.75. The largest absolute Gasteiger partial charge is 0.324 e. The van der Waals surface area contributed by atoms with E-state index in [9.17, 15) is 14.4 Å². The van der Waals surface area contributed by atoms with Crippen molar-refractivity contribution in [1.29, 1.82) is 0 Å². The molecule has 1 heterocycles. The molecule has 0 saturated carbocycles. The molecular formula is C20H16Cl2N2O3S. The van der Waals surface area contributed by atoms with Gasteiger partial charge in [0, 0.05) is 21.3 Å². The molecule has 0 bridgehead atoms. The maximum absolute atomic E-state index is 12.6. The fourth-order valence-corrected chi connectivity index (χ4v) is 4.08. The first-order valence-corrected chi connectivity index (χ1v) is 9.90. The summed E-state index contributed by atoms with van der Waals surface area (Å²) in [6.07, 6.45) is 1.47. The number of benzene rings is 2. The number of halogens is 2. The number of rotatable bonds is 4. The summed E-state index contributed by atoms with van der Waals surface area (Å²) in [5.74, 6) is -1.00. The summed E-state index contributed by atoms with van der Waals surface area (Å²) >= 11 is 13.0. The van der Waals surface area contributed by atoms with Gasteiger partial charge in [-0.15, -0.1) is 0 Å². The van der Waals surface area contributed by atoms with Crippen molar-refractivity contribution < 1.29 is 14.4 Å². The predicted octanol–water partition coefficient (Wildman–Crippen LogP) is 5.29. The lowest BCUT2D eigenvalue weighted by atomic mass is 10.1. The van der Waals surface area contributed by atoms with Gasteiger partial charge in [0.25, 0.3) is 11.1 Å². The summed E-state index contributed by atoms with van der Waals surface area (Å²) in [6.45, 7) is 3.38. The fraction of sp³-hybridized carbons (Fsp3) is 0.150. The van der Waals surface area contributed by atoms with Crippen LogP contribution in [0.2, 0.25) is 10.0 Å². The highest BCUT2D eigenvalue weighted by molar-refractivity contribution is 8.18. The highest BCUT2D eigenvalue weighted by Crippen LogP contribution is 2.35. The molecule has 2 aromatic rings. The van der Waals surface area contributed by atoms with Crippen LogP contribution >= 0.6 is 35.0 Å². The molecule has 28 heavy (non-hydrogen) atoms. The van der Waals surface area contributed by atoms with Crippen molar-refractivity contribution in [3.8, 4) is 0 Å². The van der Waals surface area contributed by atoms with Crippen molar-refractivity contribution in [2.24, 2.45) is 0 Å². The second-order valence-electron chi connectivity index (χ2n) is 6.22. The Labute approximate surface area is 176 Å². The molecule has 2 aromatic carbocycles. The Kier molecular flexibility index (Phi) is 6.13. The molecule has 1 fully saturated rings. The molecule has 0 spiro atoms. The van der Waals surface area contributed by atoms with Gasteiger partial charge in [-0.3, -0.25) is 19.3 Å². The van der Waals surface area contributed by atoms with E-state index in [0.717, 1.165) is 27.8 Å². The smallest absolute Gasteiger partial charge is 0.294 e. The molecule has 0 unspecified atom stereocenters. The van der Waals surface area contributed by atoms with Gasteiger partial charge in [-0.25, -0.2) is 0 Å². The van der Waals surface area contributed by atoms with E-state index in [-0.39, 0.29) is 11.4 Å². The number of carbonyl (C=O) groups excluding carboxylic acids is 3. The molecule has 0 aliphatic carbocycles. The first-order valence-electron chi connectivity index (χ1n) is 8.33. The molecule has 0 aromatic heterocycles. The number of anilines is 1. The van der Waals surface area contributed by atoms with Crippen LogP contribution in [0.1, 0.15) is 16.7 Å². The lowest BCUT2D eigenvalue weighted by Gasteiger charge is -2.15. The SMILES string of the molecule is Cc1cccc(C)c1NC(=O)CN1C(=O)S/C(=C/c2c(Cl)cccc2Cl)C1=O. The van der Waals surface area contributed by atoms with E-state index < -0.39 is 17.1 Å². The first kappa shape index (κ1) is 20.5. The van der Waals surface area contributed by atoms with E-state index in [1.807, 2.05) is 32.0 Å². The number of amides is 3. The van der Waals surface area contributed by atoms with E-state index in [0.29, 0.717) is 21.3 Å². The Balaban J connectivity index is 1.77. The standard InChI is InChI=1S/C20H16Cl2N2O3S/c1-11-5-3-6-12(2)18(11)23-17(25)10-24-19(26)16(28-20(24)27)9-13-14(21)7-4-8-15(13)22/h3-9H,10H2,1-2H3,(H,23,25)/b16-9+. The van der Waals surface area contributed by atoms with Crippen LogP contribution in [0.25, 0.3) is 6.08 Å². The summed E-state index contributed by atoms with van der Waals surface area (Å²) in [6, 6.07) is 10.6. The number of thioether (sulfide) groups is 1. The lowest BCUT2D eigenvalue weighted by Crippen LogP contribution is -2.36. The van der Waals surface area contributed by atoms with Crippen LogP contribution in [-0.2, 0) is 9.59 Å². The zero-order valence-electron chi connectivity index (χ0n) is 15.1. The molecule has 5 nitrogen and oxygen atoms in total. The van der Waals surface area contributed by atoms with Crippen molar-refractivity contribution in [3.05, 3.63) is 68.0 Å². The van der Waals surface area contributed by atoms with Gasteiger partial charge in [0.15, 0.2) is 0 Å². The second-order valence-corrected chi connectivity index (χ2v) is 8.03. The van der Waals surface area contributed by atoms with Crippen molar-refractivity contribution >= 4 is 63.8 Å². The molecule has 3 amide bonds. The number of imide groups is 1. The molecule has 3 rings (SSSR count). The third-order valence-corrected chi connectivity index (χ3v) is 5.76. The molecule has 1 aliphatic heterocycles.